The summed E-state index contributed by atoms with van der Waals surface area (Å²) in [5.74, 6) is 0. The lowest BCUT2D eigenvalue weighted by atomic mass is 9.79. The number of hydrogen-bond acceptors (Lipinski definition) is 1. The number of nitrogens with one attached hydrogen (secondary N) is 1. The first-order chi connectivity index (χ1) is 7.47. The summed E-state index contributed by atoms with van der Waals surface area (Å²) in [5.41, 5.74) is 1.17. The second-order valence-corrected chi connectivity index (χ2v) is 8.18. The van der Waals surface area contributed by atoms with Gasteiger partial charge in [-0.15, -0.1) is 0 Å². The molecule has 17 heavy (non-hydrogen) atoms. The van der Waals surface area contributed by atoms with Gasteiger partial charge in [-0.3, -0.25) is 0 Å². The first-order valence-corrected chi connectivity index (χ1v) is 7.22. The first-order valence-electron chi connectivity index (χ1n) is 7.22. The molecule has 0 spiro atoms. The quantitative estimate of drug-likeness (QED) is 0.689. The number of rotatable bonds is 6. The highest BCUT2D eigenvalue weighted by molar-refractivity contribution is 4.81. The molecule has 1 N–H and O–H groups in total. The van der Waals surface area contributed by atoms with Crippen molar-refractivity contribution in [2.75, 3.05) is 6.54 Å². The lowest BCUT2D eigenvalue weighted by Gasteiger charge is -2.33. The fraction of sp³-hybridized carbons (Fsp3) is 1.00. The lowest BCUT2D eigenvalue weighted by molar-refractivity contribution is 0.219. The van der Waals surface area contributed by atoms with Crippen LogP contribution in [0.3, 0.4) is 0 Å². The van der Waals surface area contributed by atoms with Gasteiger partial charge in [0.1, 0.15) is 0 Å². The second-order valence-electron chi connectivity index (χ2n) is 8.18. The van der Waals surface area contributed by atoms with Crippen LogP contribution in [-0.2, 0) is 0 Å². The third-order valence-electron chi connectivity index (χ3n) is 3.61. The molecule has 1 heteroatoms. The summed E-state index contributed by atoms with van der Waals surface area (Å²) in [7, 11) is 0. The molecule has 0 aliphatic heterocycles. The Morgan fingerprint density at radius 1 is 0.824 bits per heavy atom. The summed E-state index contributed by atoms with van der Waals surface area (Å²) >= 11 is 0. The van der Waals surface area contributed by atoms with Crippen LogP contribution in [-0.4, -0.2) is 12.1 Å². The fourth-order valence-electron chi connectivity index (χ4n) is 1.91. The summed E-state index contributed by atoms with van der Waals surface area (Å²) in [4.78, 5) is 0. The largest absolute Gasteiger partial charge is 0.312 e. The van der Waals surface area contributed by atoms with Crippen LogP contribution < -0.4 is 5.32 Å². The topological polar surface area (TPSA) is 12.0 Å². The minimum Gasteiger partial charge on any atom is -0.312 e. The van der Waals surface area contributed by atoms with Crippen LogP contribution in [0.25, 0.3) is 0 Å². The normalized spacial score (nSPS) is 16.9. The van der Waals surface area contributed by atoms with Crippen molar-refractivity contribution in [3.8, 4) is 0 Å². The monoisotopic (exact) mass is 241 g/mol. The Labute approximate surface area is 110 Å². The molecular weight excluding hydrogens is 206 g/mol. The van der Waals surface area contributed by atoms with Crippen LogP contribution in [0.4, 0.5) is 0 Å². The minimum atomic E-state index is 0.237. The predicted molar refractivity (Wildman–Crippen MR) is 79.5 cm³/mol. The molecule has 1 nitrogen and oxygen atoms in total. The zero-order chi connectivity index (χ0) is 13.7. The van der Waals surface area contributed by atoms with E-state index in [2.05, 4.69) is 60.7 Å². The minimum absolute atomic E-state index is 0.237. The first kappa shape index (κ1) is 17.0. The molecule has 0 fully saturated rings. The van der Waals surface area contributed by atoms with E-state index in [1.165, 1.54) is 25.7 Å². The van der Waals surface area contributed by atoms with Gasteiger partial charge in [-0.05, 0) is 50.9 Å². The summed E-state index contributed by atoms with van der Waals surface area (Å²) in [6.07, 6.45) is 5.28. The van der Waals surface area contributed by atoms with E-state index in [0.29, 0.717) is 10.8 Å². The Kier molecular flexibility index (Phi) is 6.21. The molecule has 0 saturated carbocycles. The van der Waals surface area contributed by atoms with Crippen LogP contribution in [0, 0.1) is 10.8 Å². The van der Waals surface area contributed by atoms with Gasteiger partial charge in [0.2, 0.25) is 0 Å². The van der Waals surface area contributed by atoms with Gasteiger partial charge in [-0.25, -0.2) is 0 Å². The lowest BCUT2D eigenvalue weighted by Crippen LogP contribution is -2.42. The zero-order valence-corrected chi connectivity index (χ0v) is 13.5. The van der Waals surface area contributed by atoms with Gasteiger partial charge in [-0.2, -0.15) is 0 Å². The van der Waals surface area contributed by atoms with Gasteiger partial charge in [-0.1, -0.05) is 41.0 Å². The smallest absolute Gasteiger partial charge is 0.00967 e. The van der Waals surface area contributed by atoms with Crippen molar-refractivity contribution in [3.63, 3.8) is 0 Å². The third kappa shape index (κ3) is 9.64. The van der Waals surface area contributed by atoms with Crippen molar-refractivity contribution < 1.29 is 0 Å². The van der Waals surface area contributed by atoms with Gasteiger partial charge in [0.25, 0.3) is 0 Å². The van der Waals surface area contributed by atoms with Gasteiger partial charge in [0.05, 0.1) is 0 Å². The van der Waals surface area contributed by atoms with Gasteiger partial charge >= 0.3 is 0 Å². The standard InChI is InChI=1S/C16H35N/c1-9-16(8,13-17-15(5,6)7)12-10-11-14(2,3)4/h17H,9-13H2,1-8H3. The van der Waals surface area contributed by atoms with E-state index in [4.69, 9.17) is 0 Å². The molecule has 1 atom stereocenters. The van der Waals surface area contributed by atoms with Crippen LogP contribution in [0.5, 0.6) is 0 Å². The summed E-state index contributed by atoms with van der Waals surface area (Å²) in [5, 5.41) is 3.66. The molecule has 0 rings (SSSR count). The molecule has 0 aromatic heterocycles. The maximum Gasteiger partial charge on any atom is 0.00967 e. The van der Waals surface area contributed by atoms with E-state index >= 15 is 0 Å². The summed E-state index contributed by atoms with van der Waals surface area (Å²) in [6, 6.07) is 0. The SMILES string of the molecule is CCC(C)(CCCC(C)(C)C)CNC(C)(C)C. The van der Waals surface area contributed by atoms with Crippen molar-refractivity contribution in [3.05, 3.63) is 0 Å². The van der Waals surface area contributed by atoms with E-state index in [-0.39, 0.29) is 5.54 Å². The van der Waals surface area contributed by atoms with Crippen molar-refractivity contribution in [2.24, 2.45) is 10.8 Å². The summed E-state index contributed by atoms with van der Waals surface area (Å²) in [6.45, 7) is 19.6. The highest BCUT2D eigenvalue weighted by Crippen LogP contribution is 2.31. The molecule has 0 aromatic rings. The van der Waals surface area contributed by atoms with E-state index in [1.807, 2.05) is 0 Å². The zero-order valence-electron chi connectivity index (χ0n) is 13.5. The van der Waals surface area contributed by atoms with Crippen molar-refractivity contribution in [2.45, 2.75) is 86.6 Å². The molecule has 0 heterocycles. The maximum absolute atomic E-state index is 3.66. The van der Waals surface area contributed by atoms with Crippen molar-refractivity contribution in [1.82, 2.24) is 5.32 Å². The third-order valence-corrected chi connectivity index (χ3v) is 3.61. The van der Waals surface area contributed by atoms with Crippen LogP contribution in [0.15, 0.2) is 0 Å². The predicted octanol–water partition coefficient (Wildman–Crippen LogP) is 5.01. The molecular formula is C16H35N. The van der Waals surface area contributed by atoms with Gasteiger partial charge < -0.3 is 5.32 Å². The summed E-state index contributed by atoms with van der Waals surface area (Å²) < 4.78 is 0. The molecule has 0 bridgehead atoms. The Bertz CT molecular complexity index is 207. The van der Waals surface area contributed by atoms with E-state index in [1.54, 1.807) is 0 Å². The molecule has 0 amide bonds. The Morgan fingerprint density at radius 3 is 1.71 bits per heavy atom. The highest BCUT2D eigenvalue weighted by Gasteiger charge is 2.24. The second kappa shape index (κ2) is 6.22. The number of hydrogen-bond donors (Lipinski definition) is 1. The average Bonchev–Trinajstić information content (AvgIpc) is 2.12. The van der Waals surface area contributed by atoms with Crippen LogP contribution >= 0.6 is 0 Å². The van der Waals surface area contributed by atoms with E-state index < -0.39 is 0 Å². The molecule has 0 saturated heterocycles. The molecule has 0 radical (unpaired) electrons. The Morgan fingerprint density at radius 2 is 1.35 bits per heavy atom. The van der Waals surface area contributed by atoms with E-state index in [0.717, 1.165) is 6.54 Å². The van der Waals surface area contributed by atoms with Crippen molar-refractivity contribution in [1.29, 1.82) is 0 Å². The van der Waals surface area contributed by atoms with Gasteiger partial charge in [0.15, 0.2) is 0 Å². The maximum atomic E-state index is 3.66. The molecule has 0 aliphatic carbocycles. The highest BCUT2D eigenvalue weighted by atomic mass is 15.0. The fourth-order valence-corrected chi connectivity index (χ4v) is 1.91. The average molecular weight is 241 g/mol. The molecule has 104 valence electrons. The molecule has 0 aromatic carbocycles. The van der Waals surface area contributed by atoms with Crippen molar-refractivity contribution >= 4 is 0 Å². The van der Waals surface area contributed by atoms with Crippen LogP contribution in [0.2, 0.25) is 0 Å². The Hall–Kier alpha value is -0.0400. The molecule has 1 unspecified atom stereocenters. The van der Waals surface area contributed by atoms with E-state index in [9.17, 15) is 0 Å². The van der Waals surface area contributed by atoms with Gasteiger partial charge in [0, 0.05) is 12.1 Å². The Balaban J connectivity index is 4.10. The van der Waals surface area contributed by atoms with Crippen LogP contribution in [0.1, 0.15) is 81.1 Å². The molecule has 0 aliphatic rings.